The summed E-state index contributed by atoms with van der Waals surface area (Å²) in [5.74, 6) is 0. The highest BCUT2D eigenvalue weighted by molar-refractivity contribution is 5.30. The van der Waals surface area contributed by atoms with E-state index in [-0.39, 0.29) is 0 Å². The molecule has 0 aliphatic rings. The molecule has 0 bridgehead atoms. The van der Waals surface area contributed by atoms with E-state index in [1.807, 2.05) is 54.3 Å². The van der Waals surface area contributed by atoms with Gasteiger partial charge in [0, 0.05) is 25.1 Å². The molecule has 0 radical (unpaired) electrons. The Morgan fingerprint density at radius 1 is 1.08 bits per heavy atom. The third kappa shape index (κ3) is 1.28. The average Bonchev–Trinajstić information content (AvgIpc) is 2.49. The summed E-state index contributed by atoms with van der Waals surface area (Å²) in [7, 11) is 1.86. The van der Waals surface area contributed by atoms with Crippen LogP contribution in [0.4, 0.5) is 0 Å². The molecular formula is C10H11N3. The summed E-state index contributed by atoms with van der Waals surface area (Å²) >= 11 is 0. The summed E-state index contributed by atoms with van der Waals surface area (Å²) in [4.78, 5) is 0. The monoisotopic (exact) mass is 173 g/mol. The lowest BCUT2D eigenvalue weighted by Crippen LogP contribution is -2.20. The number of hydrogen-bond acceptors (Lipinski definition) is 1. The van der Waals surface area contributed by atoms with Gasteiger partial charge < -0.3 is 4.57 Å². The van der Waals surface area contributed by atoms with Gasteiger partial charge in [-0.15, -0.1) is 0 Å². The Morgan fingerprint density at radius 2 is 1.77 bits per heavy atom. The molecule has 3 heteroatoms. The van der Waals surface area contributed by atoms with Crippen LogP contribution in [-0.2, 0) is 7.05 Å². The second-order valence-electron chi connectivity index (χ2n) is 2.94. The number of para-hydroxylation sites is 1. The zero-order valence-corrected chi connectivity index (χ0v) is 7.44. The second-order valence-corrected chi connectivity index (χ2v) is 2.94. The van der Waals surface area contributed by atoms with Gasteiger partial charge in [0.25, 0.3) is 0 Å². The van der Waals surface area contributed by atoms with Crippen molar-refractivity contribution in [2.24, 2.45) is 7.05 Å². The zero-order chi connectivity index (χ0) is 9.26. The van der Waals surface area contributed by atoms with Crippen molar-refractivity contribution in [3.63, 3.8) is 0 Å². The van der Waals surface area contributed by atoms with E-state index in [9.17, 15) is 0 Å². The van der Waals surface area contributed by atoms with E-state index in [4.69, 9.17) is 5.41 Å². The van der Waals surface area contributed by atoms with Crippen LogP contribution in [0.25, 0.3) is 5.69 Å². The number of aromatic nitrogens is 2. The van der Waals surface area contributed by atoms with Gasteiger partial charge in [0.05, 0.1) is 0 Å². The van der Waals surface area contributed by atoms with Gasteiger partial charge in [-0.05, 0) is 12.1 Å². The molecule has 2 aromatic rings. The average molecular weight is 173 g/mol. The summed E-state index contributed by atoms with van der Waals surface area (Å²) in [6.07, 6.45) is 3.76. The highest BCUT2D eigenvalue weighted by atomic mass is 15.1. The number of hydrogen-bond donors (Lipinski definition) is 1. The molecule has 0 atom stereocenters. The summed E-state index contributed by atoms with van der Waals surface area (Å²) < 4.78 is 3.60. The first-order valence-electron chi connectivity index (χ1n) is 4.13. The molecule has 3 nitrogen and oxygen atoms in total. The second kappa shape index (κ2) is 2.94. The molecule has 13 heavy (non-hydrogen) atoms. The molecule has 0 saturated carbocycles. The third-order valence-corrected chi connectivity index (χ3v) is 2.04. The molecule has 0 saturated heterocycles. The van der Waals surface area contributed by atoms with E-state index < -0.39 is 0 Å². The van der Waals surface area contributed by atoms with Gasteiger partial charge in [-0.1, -0.05) is 18.2 Å². The van der Waals surface area contributed by atoms with Crippen molar-refractivity contribution in [1.82, 2.24) is 9.13 Å². The number of rotatable bonds is 1. The number of benzene rings is 1. The van der Waals surface area contributed by atoms with Crippen LogP contribution in [0, 0.1) is 5.41 Å². The smallest absolute Gasteiger partial charge is 0.206 e. The normalized spacial score (nSPS) is 10.2. The molecule has 66 valence electrons. The molecule has 1 heterocycles. The minimum atomic E-state index is 0.478. The fourth-order valence-corrected chi connectivity index (χ4v) is 1.27. The third-order valence-electron chi connectivity index (χ3n) is 2.04. The van der Waals surface area contributed by atoms with Crippen LogP contribution in [0.1, 0.15) is 0 Å². The highest BCUT2D eigenvalue weighted by Crippen LogP contribution is 2.02. The highest BCUT2D eigenvalue weighted by Gasteiger charge is 1.97. The Morgan fingerprint density at radius 3 is 2.31 bits per heavy atom. The predicted octanol–water partition coefficient (Wildman–Crippen LogP) is 1.30. The lowest BCUT2D eigenvalue weighted by atomic mass is 10.3. The van der Waals surface area contributed by atoms with Crippen LogP contribution in [0.15, 0.2) is 42.7 Å². The fraction of sp³-hybridized carbons (Fsp3) is 0.100. The fourth-order valence-electron chi connectivity index (χ4n) is 1.27. The summed E-state index contributed by atoms with van der Waals surface area (Å²) in [6.45, 7) is 0. The molecule has 1 aromatic heterocycles. The van der Waals surface area contributed by atoms with Gasteiger partial charge >= 0.3 is 0 Å². The van der Waals surface area contributed by atoms with Crippen LogP contribution in [0.3, 0.4) is 0 Å². The Labute approximate surface area is 76.4 Å². The molecule has 1 N–H and O–H groups in total. The molecule has 2 rings (SSSR count). The maximum Gasteiger partial charge on any atom is 0.206 e. The van der Waals surface area contributed by atoms with Gasteiger partial charge in [0.1, 0.15) is 0 Å². The van der Waals surface area contributed by atoms with E-state index in [2.05, 4.69) is 0 Å². The van der Waals surface area contributed by atoms with Gasteiger partial charge in [-0.3, -0.25) is 9.98 Å². The van der Waals surface area contributed by atoms with Crippen LogP contribution in [-0.4, -0.2) is 9.13 Å². The SMILES string of the molecule is Cn1ccn(-c2ccccc2)c1=N. The van der Waals surface area contributed by atoms with Crippen molar-refractivity contribution in [2.75, 3.05) is 0 Å². The lowest BCUT2D eigenvalue weighted by molar-refractivity contribution is 0.769. The molecule has 0 aliphatic carbocycles. The maximum atomic E-state index is 7.74. The van der Waals surface area contributed by atoms with Crippen LogP contribution in [0.2, 0.25) is 0 Å². The molecular weight excluding hydrogens is 162 g/mol. The molecule has 0 amide bonds. The van der Waals surface area contributed by atoms with E-state index in [1.165, 1.54) is 0 Å². The standard InChI is InChI=1S/C10H11N3/c1-12-7-8-13(10(12)11)9-5-3-2-4-6-9/h2-8,11H,1H3. The Hall–Kier alpha value is -1.77. The van der Waals surface area contributed by atoms with Gasteiger partial charge in [-0.25, -0.2) is 0 Å². The number of nitrogens with zero attached hydrogens (tertiary/aromatic N) is 2. The molecule has 0 aliphatic heterocycles. The van der Waals surface area contributed by atoms with Crippen LogP contribution in [0.5, 0.6) is 0 Å². The largest absolute Gasteiger partial charge is 0.320 e. The van der Waals surface area contributed by atoms with Gasteiger partial charge in [0.2, 0.25) is 5.62 Å². The van der Waals surface area contributed by atoms with Crippen LogP contribution < -0.4 is 5.62 Å². The van der Waals surface area contributed by atoms with Crippen LogP contribution >= 0.6 is 0 Å². The van der Waals surface area contributed by atoms with E-state index in [0.29, 0.717) is 5.62 Å². The zero-order valence-electron chi connectivity index (χ0n) is 7.44. The first kappa shape index (κ1) is 7.86. The molecule has 0 spiro atoms. The van der Waals surface area contributed by atoms with Gasteiger partial charge in [-0.2, -0.15) is 0 Å². The van der Waals surface area contributed by atoms with Crippen molar-refractivity contribution in [1.29, 1.82) is 5.41 Å². The van der Waals surface area contributed by atoms with E-state index in [0.717, 1.165) is 5.69 Å². The maximum absolute atomic E-state index is 7.74. The lowest BCUT2D eigenvalue weighted by Gasteiger charge is -2.00. The van der Waals surface area contributed by atoms with Crippen molar-refractivity contribution in [3.05, 3.63) is 48.3 Å². The Bertz CT molecular complexity index is 451. The number of nitrogens with one attached hydrogen (secondary N) is 1. The van der Waals surface area contributed by atoms with Gasteiger partial charge in [0.15, 0.2) is 0 Å². The first-order chi connectivity index (χ1) is 6.29. The first-order valence-corrected chi connectivity index (χ1v) is 4.13. The Kier molecular flexibility index (Phi) is 1.77. The quantitative estimate of drug-likeness (QED) is 0.674. The van der Waals surface area contributed by atoms with Crippen molar-refractivity contribution in [2.45, 2.75) is 0 Å². The number of aryl methyl sites for hydroxylation is 1. The topological polar surface area (TPSA) is 33.7 Å². The molecule has 0 unspecified atom stereocenters. The van der Waals surface area contributed by atoms with Crippen molar-refractivity contribution >= 4 is 0 Å². The minimum absolute atomic E-state index is 0.478. The summed E-state index contributed by atoms with van der Waals surface area (Å²) in [6, 6.07) is 9.87. The van der Waals surface area contributed by atoms with E-state index in [1.54, 1.807) is 4.57 Å². The van der Waals surface area contributed by atoms with Crippen molar-refractivity contribution in [3.8, 4) is 5.69 Å². The molecule has 0 fully saturated rings. The predicted molar refractivity (Wildman–Crippen MR) is 50.6 cm³/mol. The van der Waals surface area contributed by atoms with Crippen molar-refractivity contribution < 1.29 is 0 Å². The summed E-state index contributed by atoms with van der Waals surface area (Å²) in [5, 5.41) is 7.74. The van der Waals surface area contributed by atoms with E-state index >= 15 is 0 Å². The molecule has 1 aromatic carbocycles. The minimum Gasteiger partial charge on any atom is -0.320 e. The summed E-state index contributed by atoms with van der Waals surface area (Å²) in [5.41, 5.74) is 1.50. The number of imidazole rings is 1. The Balaban J connectivity index is 2.60.